The van der Waals surface area contributed by atoms with Gasteiger partial charge in [0.1, 0.15) is 0 Å². The van der Waals surface area contributed by atoms with Gasteiger partial charge in [-0.15, -0.1) is 0 Å². The molecule has 0 bridgehead atoms. The first kappa shape index (κ1) is 19.2. The molecule has 2 rings (SSSR count). The van der Waals surface area contributed by atoms with Gasteiger partial charge in [0, 0.05) is 18.3 Å². The molecule has 0 saturated carbocycles. The summed E-state index contributed by atoms with van der Waals surface area (Å²) in [5, 5.41) is 3.89. The van der Waals surface area contributed by atoms with Gasteiger partial charge in [-0.25, -0.2) is 8.42 Å². The molecule has 0 aromatic heterocycles. The Hall–Kier alpha value is -1.14. The Bertz CT molecular complexity index is 667. The zero-order valence-corrected chi connectivity index (χ0v) is 16.6. The molecule has 0 aliphatic carbocycles. The van der Waals surface area contributed by atoms with Gasteiger partial charge in [0.05, 0.1) is 11.5 Å². The number of nitrogens with zero attached hydrogens (tertiary/aromatic N) is 1. The van der Waals surface area contributed by atoms with Gasteiger partial charge in [-0.1, -0.05) is 39.8 Å². The molecule has 1 atom stereocenters. The van der Waals surface area contributed by atoms with Crippen molar-refractivity contribution in [3.8, 4) is 0 Å². The maximum atomic E-state index is 11.8. The van der Waals surface area contributed by atoms with Crippen molar-refractivity contribution in [2.24, 2.45) is 5.92 Å². The van der Waals surface area contributed by atoms with E-state index in [2.05, 4.69) is 50.0 Å². The molecule has 4 nitrogen and oxygen atoms in total. The van der Waals surface area contributed by atoms with Crippen LogP contribution in [0.4, 0.5) is 5.69 Å². The van der Waals surface area contributed by atoms with E-state index in [0.29, 0.717) is 23.4 Å². The number of thiocarbonyl (C=S) groups is 1. The lowest BCUT2D eigenvalue weighted by Crippen LogP contribution is -2.45. The molecule has 0 spiro atoms. The monoisotopic (exact) mass is 368 g/mol. The topological polar surface area (TPSA) is 49.4 Å². The predicted molar refractivity (Wildman–Crippen MR) is 105 cm³/mol. The van der Waals surface area contributed by atoms with Crippen LogP contribution in [-0.2, 0) is 9.84 Å². The summed E-state index contributed by atoms with van der Waals surface area (Å²) in [6.45, 7) is 9.33. The van der Waals surface area contributed by atoms with Gasteiger partial charge in [-0.2, -0.15) is 0 Å². The lowest BCUT2D eigenvalue weighted by molar-refractivity contribution is 0.303. The van der Waals surface area contributed by atoms with Gasteiger partial charge in [-0.05, 0) is 48.2 Å². The lowest BCUT2D eigenvalue weighted by atomic mass is 10.0. The Morgan fingerprint density at radius 1 is 1.25 bits per heavy atom. The molecule has 0 amide bonds. The highest BCUT2D eigenvalue weighted by Gasteiger charge is 2.33. The molecule has 0 unspecified atom stereocenters. The zero-order valence-electron chi connectivity index (χ0n) is 15.0. The van der Waals surface area contributed by atoms with E-state index < -0.39 is 9.84 Å². The summed E-state index contributed by atoms with van der Waals surface area (Å²) in [6.07, 6.45) is 0.656. The molecular formula is C18H28N2O2S2. The van der Waals surface area contributed by atoms with E-state index in [1.807, 2.05) is 12.1 Å². The van der Waals surface area contributed by atoms with Crippen molar-refractivity contribution in [2.75, 3.05) is 23.4 Å². The van der Waals surface area contributed by atoms with E-state index in [9.17, 15) is 8.42 Å². The fourth-order valence-corrected chi connectivity index (χ4v) is 5.03. The van der Waals surface area contributed by atoms with E-state index in [-0.39, 0.29) is 17.5 Å². The van der Waals surface area contributed by atoms with Crippen LogP contribution in [0.3, 0.4) is 0 Å². The van der Waals surface area contributed by atoms with Gasteiger partial charge >= 0.3 is 0 Å². The summed E-state index contributed by atoms with van der Waals surface area (Å²) >= 11 is 5.59. The minimum atomic E-state index is -2.93. The standard InChI is InChI=1S/C18H28N2O2S2/c1-13(2)11-20(17-9-10-24(21,22)12-17)18(23)19-16-7-5-15(6-8-16)14(3)4/h5-8,13-14,17H,9-12H2,1-4H3,(H,19,23)/t17-/m0/s1. The fourth-order valence-electron chi connectivity index (χ4n) is 2.96. The van der Waals surface area contributed by atoms with Crippen molar-refractivity contribution in [2.45, 2.75) is 46.1 Å². The third-order valence-corrected chi connectivity index (χ3v) is 6.39. The summed E-state index contributed by atoms with van der Waals surface area (Å²) in [4.78, 5) is 2.06. The van der Waals surface area contributed by atoms with Crippen molar-refractivity contribution >= 4 is 32.9 Å². The summed E-state index contributed by atoms with van der Waals surface area (Å²) in [5.74, 6) is 1.37. The highest BCUT2D eigenvalue weighted by Crippen LogP contribution is 2.22. The molecule has 1 aliphatic rings. The van der Waals surface area contributed by atoms with Crippen LogP contribution in [-0.4, -0.2) is 42.5 Å². The van der Waals surface area contributed by atoms with Crippen LogP contribution in [0, 0.1) is 5.92 Å². The first-order chi connectivity index (χ1) is 11.2. The predicted octanol–water partition coefficient (Wildman–Crippen LogP) is 3.65. The van der Waals surface area contributed by atoms with E-state index >= 15 is 0 Å². The van der Waals surface area contributed by atoms with Crippen molar-refractivity contribution in [3.05, 3.63) is 29.8 Å². The van der Waals surface area contributed by atoms with Crippen LogP contribution in [0.2, 0.25) is 0 Å². The smallest absolute Gasteiger partial charge is 0.173 e. The van der Waals surface area contributed by atoms with Crippen LogP contribution in [0.15, 0.2) is 24.3 Å². The van der Waals surface area contributed by atoms with Gasteiger partial charge in [0.25, 0.3) is 0 Å². The van der Waals surface area contributed by atoms with E-state index in [4.69, 9.17) is 12.2 Å². The van der Waals surface area contributed by atoms with Crippen LogP contribution >= 0.6 is 12.2 Å². The molecule has 1 aromatic carbocycles. The highest BCUT2D eigenvalue weighted by molar-refractivity contribution is 7.91. The molecule has 1 N–H and O–H groups in total. The Morgan fingerprint density at radius 3 is 2.33 bits per heavy atom. The molecule has 1 fully saturated rings. The average Bonchev–Trinajstić information content (AvgIpc) is 2.85. The second-order valence-electron chi connectivity index (χ2n) is 7.31. The first-order valence-electron chi connectivity index (χ1n) is 8.56. The minimum absolute atomic E-state index is 0.0210. The molecule has 1 aromatic rings. The molecule has 0 radical (unpaired) electrons. The molecule has 1 heterocycles. The molecule has 1 aliphatic heterocycles. The first-order valence-corrected chi connectivity index (χ1v) is 10.8. The Morgan fingerprint density at radius 2 is 1.88 bits per heavy atom. The van der Waals surface area contributed by atoms with Gasteiger partial charge < -0.3 is 10.2 Å². The second-order valence-corrected chi connectivity index (χ2v) is 9.93. The third kappa shape index (κ3) is 5.18. The molecule has 6 heteroatoms. The summed E-state index contributed by atoms with van der Waals surface area (Å²) in [5.41, 5.74) is 2.23. The van der Waals surface area contributed by atoms with Crippen LogP contribution in [0.1, 0.15) is 45.6 Å². The zero-order chi connectivity index (χ0) is 17.9. The number of anilines is 1. The summed E-state index contributed by atoms with van der Waals surface area (Å²) in [7, 11) is -2.93. The van der Waals surface area contributed by atoms with E-state index in [1.165, 1.54) is 5.56 Å². The van der Waals surface area contributed by atoms with Gasteiger partial charge in [0.2, 0.25) is 0 Å². The Balaban J connectivity index is 2.10. The SMILES string of the molecule is CC(C)CN(C(=S)Nc1ccc(C(C)C)cc1)[C@H]1CCS(=O)(=O)C1. The molecular weight excluding hydrogens is 340 g/mol. The molecule has 24 heavy (non-hydrogen) atoms. The minimum Gasteiger partial charge on any atom is -0.345 e. The summed E-state index contributed by atoms with van der Waals surface area (Å²) < 4.78 is 23.6. The number of hydrogen-bond acceptors (Lipinski definition) is 3. The number of nitrogens with one attached hydrogen (secondary N) is 1. The number of benzene rings is 1. The van der Waals surface area contributed by atoms with Gasteiger partial charge in [0.15, 0.2) is 14.9 Å². The Labute approximate surface area is 151 Å². The average molecular weight is 369 g/mol. The Kier molecular flexibility index (Phi) is 6.26. The maximum absolute atomic E-state index is 11.8. The van der Waals surface area contributed by atoms with Crippen molar-refractivity contribution in [1.82, 2.24) is 4.90 Å². The quantitative estimate of drug-likeness (QED) is 0.804. The molecule has 134 valence electrons. The number of hydrogen-bond donors (Lipinski definition) is 1. The second kappa shape index (κ2) is 7.83. The molecule has 1 saturated heterocycles. The normalized spacial score (nSPS) is 19.7. The van der Waals surface area contributed by atoms with Gasteiger partial charge in [-0.3, -0.25) is 0 Å². The third-order valence-electron chi connectivity index (χ3n) is 4.30. The number of sulfone groups is 1. The van der Waals surface area contributed by atoms with E-state index in [0.717, 1.165) is 12.2 Å². The fraction of sp³-hybridized carbons (Fsp3) is 0.611. The lowest BCUT2D eigenvalue weighted by Gasteiger charge is -2.32. The summed E-state index contributed by atoms with van der Waals surface area (Å²) in [6, 6.07) is 8.23. The highest BCUT2D eigenvalue weighted by atomic mass is 32.2. The van der Waals surface area contributed by atoms with E-state index in [1.54, 1.807) is 0 Å². The number of rotatable bonds is 5. The van der Waals surface area contributed by atoms with Crippen LogP contribution in [0.5, 0.6) is 0 Å². The maximum Gasteiger partial charge on any atom is 0.173 e. The van der Waals surface area contributed by atoms with Crippen molar-refractivity contribution in [3.63, 3.8) is 0 Å². The largest absolute Gasteiger partial charge is 0.345 e. The van der Waals surface area contributed by atoms with Crippen molar-refractivity contribution < 1.29 is 8.42 Å². The van der Waals surface area contributed by atoms with Crippen LogP contribution in [0.25, 0.3) is 0 Å². The van der Waals surface area contributed by atoms with Crippen LogP contribution < -0.4 is 5.32 Å². The van der Waals surface area contributed by atoms with Crippen molar-refractivity contribution in [1.29, 1.82) is 0 Å².